The van der Waals surface area contributed by atoms with E-state index in [1.807, 2.05) is 60.7 Å². The molecule has 0 atom stereocenters. The number of ether oxygens (including phenoxy) is 2. The van der Waals surface area contributed by atoms with Gasteiger partial charge in [0.2, 0.25) is 0 Å². The summed E-state index contributed by atoms with van der Waals surface area (Å²) in [5, 5.41) is 4.09. The van der Waals surface area contributed by atoms with Gasteiger partial charge in [-0.3, -0.25) is 0 Å². The second kappa shape index (κ2) is 9.49. The Balaban J connectivity index is 1.71. The third-order valence-electron chi connectivity index (χ3n) is 3.90. The van der Waals surface area contributed by atoms with Gasteiger partial charge in [0.25, 0.3) is 0 Å². The minimum atomic E-state index is 0.409. The van der Waals surface area contributed by atoms with Gasteiger partial charge in [0, 0.05) is 21.7 Å². The lowest BCUT2D eigenvalue weighted by atomic mass is 10.2. The maximum Gasteiger partial charge on any atom is 0.175 e. The highest BCUT2D eigenvalue weighted by Crippen LogP contribution is 2.37. The Kier molecular flexibility index (Phi) is 7.05. The molecule has 3 rings (SSSR count). The van der Waals surface area contributed by atoms with Crippen LogP contribution in [0, 0.1) is 0 Å². The lowest BCUT2D eigenvalue weighted by Gasteiger charge is -2.15. The van der Waals surface area contributed by atoms with E-state index in [0.29, 0.717) is 29.7 Å². The number of nitrogens with one attached hydrogen (secondary N) is 1. The quantitative estimate of drug-likeness (QED) is 0.368. The number of hydrogen-bond donors (Lipinski definition) is 1. The molecule has 3 aromatic carbocycles. The van der Waals surface area contributed by atoms with Crippen LogP contribution < -0.4 is 14.8 Å². The fraction of sp³-hybridized carbons (Fsp3) is 0.143. The van der Waals surface area contributed by atoms with Crippen LogP contribution in [0.1, 0.15) is 11.1 Å². The van der Waals surface area contributed by atoms with E-state index in [1.165, 1.54) is 0 Å². The van der Waals surface area contributed by atoms with E-state index in [4.69, 9.17) is 21.1 Å². The number of methoxy groups -OCH3 is 1. The van der Waals surface area contributed by atoms with Crippen molar-refractivity contribution in [3.63, 3.8) is 0 Å². The normalized spacial score (nSPS) is 10.5. The Morgan fingerprint density at radius 2 is 1.74 bits per heavy atom. The van der Waals surface area contributed by atoms with Crippen molar-refractivity contribution in [2.24, 2.45) is 0 Å². The standard InChI is InChI=1S/C21H18Br2ClNO2/c1-26-20-11-15(12-25-18-7-5-16(22)6-8-18)10-19(23)21(20)27-13-14-3-2-4-17(24)9-14/h2-11,25H,12-13H2,1H3. The van der Waals surface area contributed by atoms with Gasteiger partial charge in [-0.1, -0.05) is 39.7 Å². The van der Waals surface area contributed by atoms with E-state index in [0.717, 1.165) is 25.8 Å². The van der Waals surface area contributed by atoms with Gasteiger partial charge in [-0.05, 0) is 75.6 Å². The molecule has 0 aliphatic rings. The summed E-state index contributed by atoms with van der Waals surface area (Å²) < 4.78 is 13.4. The van der Waals surface area contributed by atoms with Crippen molar-refractivity contribution < 1.29 is 9.47 Å². The van der Waals surface area contributed by atoms with Crippen LogP contribution in [0.4, 0.5) is 5.69 Å². The SMILES string of the molecule is COc1cc(CNc2ccc(Br)cc2)cc(Br)c1OCc1cccc(Cl)c1. The molecule has 0 amide bonds. The van der Waals surface area contributed by atoms with Gasteiger partial charge in [-0.25, -0.2) is 0 Å². The van der Waals surface area contributed by atoms with Gasteiger partial charge in [-0.2, -0.15) is 0 Å². The predicted molar refractivity (Wildman–Crippen MR) is 118 cm³/mol. The molecule has 3 aromatic rings. The van der Waals surface area contributed by atoms with Crippen molar-refractivity contribution in [1.29, 1.82) is 0 Å². The van der Waals surface area contributed by atoms with Crippen LogP contribution in [0.25, 0.3) is 0 Å². The molecule has 6 heteroatoms. The molecule has 1 N–H and O–H groups in total. The van der Waals surface area contributed by atoms with E-state index in [1.54, 1.807) is 7.11 Å². The molecule has 0 spiro atoms. The van der Waals surface area contributed by atoms with Gasteiger partial charge in [0.1, 0.15) is 6.61 Å². The lowest BCUT2D eigenvalue weighted by Crippen LogP contribution is -2.02. The molecule has 0 saturated heterocycles. The fourth-order valence-electron chi connectivity index (χ4n) is 2.57. The molecule has 0 radical (unpaired) electrons. The monoisotopic (exact) mass is 509 g/mol. The third kappa shape index (κ3) is 5.64. The topological polar surface area (TPSA) is 30.5 Å². The first-order valence-electron chi connectivity index (χ1n) is 8.28. The smallest absolute Gasteiger partial charge is 0.175 e. The second-order valence-electron chi connectivity index (χ2n) is 5.89. The van der Waals surface area contributed by atoms with Crippen molar-refractivity contribution in [2.45, 2.75) is 13.2 Å². The van der Waals surface area contributed by atoms with Gasteiger partial charge in [0.15, 0.2) is 11.5 Å². The number of hydrogen-bond acceptors (Lipinski definition) is 3. The summed E-state index contributed by atoms with van der Waals surface area (Å²) in [7, 11) is 1.64. The Labute approximate surface area is 180 Å². The largest absolute Gasteiger partial charge is 0.493 e. The minimum Gasteiger partial charge on any atom is -0.493 e. The van der Waals surface area contributed by atoms with Crippen LogP contribution in [-0.4, -0.2) is 7.11 Å². The van der Waals surface area contributed by atoms with Gasteiger partial charge in [-0.15, -0.1) is 0 Å². The van der Waals surface area contributed by atoms with Crippen molar-refractivity contribution >= 4 is 49.1 Å². The van der Waals surface area contributed by atoms with E-state index in [2.05, 4.69) is 37.2 Å². The third-order valence-corrected chi connectivity index (χ3v) is 5.26. The Morgan fingerprint density at radius 3 is 2.44 bits per heavy atom. The summed E-state index contributed by atoms with van der Waals surface area (Å²) in [6.45, 7) is 1.08. The molecular weight excluding hydrogens is 493 g/mol. The summed E-state index contributed by atoms with van der Waals surface area (Å²) in [6, 6.07) is 19.7. The zero-order valence-corrected chi connectivity index (χ0v) is 18.6. The first-order chi connectivity index (χ1) is 13.0. The average molecular weight is 512 g/mol. The summed E-state index contributed by atoms with van der Waals surface area (Å²) in [5.74, 6) is 1.35. The zero-order chi connectivity index (χ0) is 19.2. The van der Waals surface area contributed by atoms with E-state index in [-0.39, 0.29) is 0 Å². The minimum absolute atomic E-state index is 0.409. The molecule has 0 heterocycles. The molecular formula is C21H18Br2ClNO2. The Morgan fingerprint density at radius 1 is 0.963 bits per heavy atom. The molecule has 0 saturated carbocycles. The molecule has 0 unspecified atom stereocenters. The highest BCUT2D eigenvalue weighted by molar-refractivity contribution is 9.10. The molecule has 0 fully saturated rings. The van der Waals surface area contributed by atoms with E-state index < -0.39 is 0 Å². The summed E-state index contributed by atoms with van der Waals surface area (Å²) >= 11 is 13.1. The van der Waals surface area contributed by atoms with Crippen LogP contribution in [-0.2, 0) is 13.2 Å². The van der Waals surface area contributed by atoms with Crippen molar-refractivity contribution in [3.8, 4) is 11.5 Å². The number of halogens is 3. The highest BCUT2D eigenvalue weighted by atomic mass is 79.9. The first kappa shape index (κ1) is 20.1. The average Bonchev–Trinajstić information content (AvgIpc) is 2.66. The fourth-order valence-corrected chi connectivity index (χ4v) is 3.65. The highest BCUT2D eigenvalue weighted by Gasteiger charge is 2.12. The van der Waals surface area contributed by atoms with Gasteiger partial charge < -0.3 is 14.8 Å². The molecule has 0 aliphatic carbocycles. The van der Waals surface area contributed by atoms with Crippen LogP contribution in [0.2, 0.25) is 5.02 Å². The molecule has 3 nitrogen and oxygen atoms in total. The molecule has 27 heavy (non-hydrogen) atoms. The van der Waals surface area contributed by atoms with Crippen molar-refractivity contribution in [1.82, 2.24) is 0 Å². The summed E-state index contributed by atoms with van der Waals surface area (Å²) in [4.78, 5) is 0. The van der Waals surface area contributed by atoms with Crippen molar-refractivity contribution in [2.75, 3.05) is 12.4 Å². The van der Waals surface area contributed by atoms with Gasteiger partial charge >= 0.3 is 0 Å². The molecule has 140 valence electrons. The predicted octanol–water partition coefficient (Wildman–Crippen LogP) is 7.06. The lowest BCUT2D eigenvalue weighted by molar-refractivity contribution is 0.282. The van der Waals surface area contributed by atoms with E-state index in [9.17, 15) is 0 Å². The number of rotatable bonds is 7. The van der Waals surface area contributed by atoms with Crippen LogP contribution in [0.5, 0.6) is 11.5 Å². The van der Waals surface area contributed by atoms with Gasteiger partial charge in [0.05, 0.1) is 11.6 Å². The summed E-state index contributed by atoms with van der Waals surface area (Å²) in [6.07, 6.45) is 0. The first-order valence-corrected chi connectivity index (χ1v) is 10.2. The van der Waals surface area contributed by atoms with E-state index >= 15 is 0 Å². The Bertz CT molecular complexity index is 917. The summed E-state index contributed by atoms with van der Waals surface area (Å²) in [5.41, 5.74) is 3.13. The number of benzene rings is 3. The van der Waals surface area contributed by atoms with Crippen molar-refractivity contribution in [3.05, 3.63) is 85.8 Å². The van der Waals surface area contributed by atoms with Crippen LogP contribution in [0.3, 0.4) is 0 Å². The molecule has 0 bridgehead atoms. The maximum absolute atomic E-state index is 6.03. The maximum atomic E-state index is 6.03. The second-order valence-corrected chi connectivity index (χ2v) is 8.09. The number of anilines is 1. The molecule has 0 aliphatic heterocycles. The Hall–Kier alpha value is -1.69. The molecule has 0 aromatic heterocycles. The van der Waals surface area contributed by atoms with Crippen LogP contribution >= 0.6 is 43.5 Å². The zero-order valence-electron chi connectivity index (χ0n) is 14.6. The van der Waals surface area contributed by atoms with Crippen LogP contribution in [0.15, 0.2) is 69.6 Å².